The molecule has 0 saturated carbocycles. The standard InChI is InChI=1S/C20H24N2O2S2/c23-19-12-18(26-21-19)17-7-6-16(25-17)14-22-10-8-20(24,9-11-22)13-15-4-2-1-3-5-15/h1-7,18,24H,8-14H2,(H,21,23). The molecule has 4 rings (SSSR count). The van der Waals surface area contributed by atoms with Crippen LogP contribution in [0.25, 0.3) is 0 Å². The normalized spacial score (nSPS) is 23.1. The van der Waals surface area contributed by atoms with Gasteiger partial charge < -0.3 is 5.11 Å². The van der Waals surface area contributed by atoms with Crippen molar-refractivity contribution >= 4 is 29.2 Å². The molecule has 1 aromatic heterocycles. The van der Waals surface area contributed by atoms with Gasteiger partial charge in [0, 0.05) is 42.2 Å². The van der Waals surface area contributed by atoms with Crippen LogP contribution in [0, 0.1) is 0 Å². The number of carbonyl (C=O) groups excluding carboxylic acids is 1. The van der Waals surface area contributed by atoms with Crippen molar-refractivity contribution in [2.75, 3.05) is 13.1 Å². The molecule has 6 heteroatoms. The summed E-state index contributed by atoms with van der Waals surface area (Å²) in [5.74, 6) is 0.128. The molecule has 2 N–H and O–H groups in total. The van der Waals surface area contributed by atoms with Gasteiger partial charge in [-0.1, -0.05) is 30.3 Å². The van der Waals surface area contributed by atoms with Crippen LogP contribution in [0.3, 0.4) is 0 Å². The summed E-state index contributed by atoms with van der Waals surface area (Å²) in [7, 11) is 0. The van der Waals surface area contributed by atoms with Gasteiger partial charge in [-0.25, -0.2) is 0 Å². The molecule has 1 atom stereocenters. The summed E-state index contributed by atoms with van der Waals surface area (Å²) in [5, 5.41) is 11.2. The second-order valence-electron chi connectivity index (χ2n) is 7.30. The molecule has 0 aliphatic carbocycles. The molecule has 0 spiro atoms. The molecule has 26 heavy (non-hydrogen) atoms. The first-order valence-electron chi connectivity index (χ1n) is 9.11. The predicted octanol–water partition coefficient (Wildman–Crippen LogP) is 3.53. The highest BCUT2D eigenvalue weighted by Gasteiger charge is 2.32. The molecule has 0 radical (unpaired) electrons. The fourth-order valence-corrected chi connectivity index (χ4v) is 5.81. The first-order valence-corrected chi connectivity index (χ1v) is 10.8. The third-order valence-electron chi connectivity index (χ3n) is 5.23. The quantitative estimate of drug-likeness (QED) is 0.770. The Morgan fingerprint density at radius 3 is 2.62 bits per heavy atom. The second-order valence-corrected chi connectivity index (χ2v) is 9.51. The Labute approximate surface area is 162 Å². The van der Waals surface area contributed by atoms with Gasteiger partial charge in [0.15, 0.2) is 0 Å². The van der Waals surface area contributed by atoms with Gasteiger partial charge in [0.25, 0.3) is 0 Å². The Balaban J connectivity index is 1.30. The van der Waals surface area contributed by atoms with Gasteiger partial charge in [-0.15, -0.1) is 11.3 Å². The molecule has 1 unspecified atom stereocenters. The van der Waals surface area contributed by atoms with Crippen molar-refractivity contribution in [1.29, 1.82) is 0 Å². The Morgan fingerprint density at radius 2 is 1.92 bits per heavy atom. The summed E-state index contributed by atoms with van der Waals surface area (Å²) >= 11 is 3.34. The zero-order valence-electron chi connectivity index (χ0n) is 14.7. The third-order valence-corrected chi connectivity index (χ3v) is 7.61. The molecule has 138 valence electrons. The van der Waals surface area contributed by atoms with Crippen LogP contribution in [-0.4, -0.2) is 34.6 Å². The fourth-order valence-electron chi connectivity index (χ4n) is 3.70. The first-order chi connectivity index (χ1) is 12.6. The van der Waals surface area contributed by atoms with E-state index in [-0.39, 0.29) is 11.2 Å². The highest BCUT2D eigenvalue weighted by Crippen LogP contribution is 2.39. The van der Waals surface area contributed by atoms with Crippen molar-refractivity contribution in [3.05, 3.63) is 57.8 Å². The molecular formula is C20H24N2O2S2. The number of hydrogen-bond donors (Lipinski definition) is 2. The molecule has 2 aliphatic rings. The molecule has 2 saturated heterocycles. The average molecular weight is 389 g/mol. The number of aliphatic hydroxyl groups is 1. The summed E-state index contributed by atoms with van der Waals surface area (Å²) in [4.78, 5) is 16.4. The minimum absolute atomic E-state index is 0.128. The Bertz CT molecular complexity index is 754. The summed E-state index contributed by atoms with van der Waals surface area (Å²) in [6.07, 6.45) is 2.96. The highest BCUT2D eigenvalue weighted by molar-refractivity contribution is 7.98. The number of rotatable bonds is 5. The molecule has 4 nitrogen and oxygen atoms in total. The van der Waals surface area contributed by atoms with E-state index >= 15 is 0 Å². The number of likely N-dealkylation sites (tertiary alicyclic amines) is 1. The van der Waals surface area contributed by atoms with Crippen LogP contribution < -0.4 is 4.72 Å². The van der Waals surface area contributed by atoms with Gasteiger partial charge in [-0.05, 0) is 42.5 Å². The minimum Gasteiger partial charge on any atom is -0.389 e. The van der Waals surface area contributed by atoms with Crippen molar-refractivity contribution in [3.8, 4) is 0 Å². The predicted molar refractivity (Wildman–Crippen MR) is 107 cm³/mol. The molecule has 2 aromatic rings. The maximum absolute atomic E-state index is 11.4. The lowest BCUT2D eigenvalue weighted by Crippen LogP contribution is -2.45. The molecule has 1 aromatic carbocycles. The number of carbonyl (C=O) groups is 1. The molecule has 2 aliphatic heterocycles. The lowest BCUT2D eigenvalue weighted by molar-refractivity contribution is -0.118. The summed E-state index contributed by atoms with van der Waals surface area (Å²) in [6.45, 7) is 2.79. The van der Waals surface area contributed by atoms with E-state index in [2.05, 4.69) is 33.9 Å². The van der Waals surface area contributed by atoms with Crippen LogP contribution in [0.5, 0.6) is 0 Å². The average Bonchev–Trinajstić information content (AvgIpc) is 3.27. The van der Waals surface area contributed by atoms with Crippen molar-refractivity contribution in [1.82, 2.24) is 9.62 Å². The Hall–Kier alpha value is -1.34. The van der Waals surface area contributed by atoms with Gasteiger partial charge in [-0.3, -0.25) is 14.4 Å². The van der Waals surface area contributed by atoms with Crippen LogP contribution in [0.15, 0.2) is 42.5 Å². The Morgan fingerprint density at radius 1 is 1.15 bits per heavy atom. The van der Waals surface area contributed by atoms with Crippen LogP contribution in [0.1, 0.15) is 39.8 Å². The second kappa shape index (κ2) is 7.72. The van der Waals surface area contributed by atoms with E-state index in [0.717, 1.165) is 38.9 Å². The summed E-state index contributed by atoms with van der Waals surface area (Å²) in [5.41, 5.74) is 0.633. The Kier molecular flexibility index (Phi) is 5.36. The SMILES string of the molecule is O=C1CC(c2ccc(CN3CCC(O)(Cc4ccccc4)CC3)s2)SN1. The molecule has 1 amide bonds. The largest absolute Gasteiger partial charge is 0.389 e. The molecule has 3 heterocycles. The zero-order valence-corrected chi connectivity index (χ0v) is 16.3. The number of benzene rings is 1. The van der Waals surface area contributed by atoms with Crippen molar-refractivity contribution in [3.63, 3.8) is 0 Å². The third kappa shape index (κ3) is 4.31. The highest BCUT2D eigenvalue weighted by atomic mass is 32.2. The lowest BCUT2D eigenvalue weighted by Gasteiger charge is -2.38. The van der Waals surface area contributed by atoms with Crippen molar-refractivity contribution in [2.24, 2.45) is 0 Å². The van der Waals surface area contributed by atoms with Crippen molar-refractivity contribution < 1.29 is 9.90 Å². The van der Waals surface area contributed by atoms with E-state index in [9.17, 15) is 9.90 Å². The number of hydrogen-bond acceptors (Lipinski definition) is 5. The maximum atomic E-state index is 11.4. The minimum atomic E-state index is -0.578. The zero-order chi connectivity index (χ0) is 18.0. The van der Waals surface area contributed by atoms with Crippen LogP contribution >= 0.6 is 23.3 Å². The maximum Gasteiger partial charge on any atom is 0.231 e. The number of nitrogens with one attached hydrogen (secondary N) is 1. The number of thiophene rings is 1. The first kappa shape index (κ1) is 18.0. The van der Waals surface area contributed by atoms with Gasteiger partial charge in [0.05, 0.1) is 10.9 Å². The lowest BCUT2D eigenvalue weighted by atomic mass is 9.85. The van der Waals surface area contributed by atoms with E-state index in [4.69, 9.17) is 0 Å². The van der Waals surface area contributed by atoms with Gasteiger partial charge in [-0.2, -0.15) is 0 Å². The topological polar surface area (TPSA) is 52.6 Å². The van der Waals surface area contributed by atoms with Gasteiger partial charge in [0.1, 0.15) is 0 Å². The molecule has 0 bridgehead atoms. The molecule has 2 fully saturated rings. The van der Waals surface area contributed by atoms with Gasteiger partial charge in [0.2, 0.25) is 5.91 Å². The summed E-state index contributed by atoms with van der Waals surface area (Å²) in [6, 6.07) is 14.6. The molecular weight excluding hydrogens is 364 g/mol. The summed E-state index contributed by atoms with van der Waals surface area (Å²) < 4.78 is 2.83. The van der Waals surface area contributed by atoms with E-state index in [1.54, 1.807) is 0 Å². The van der Waals surface area contributed by atoms with Crippen LogP contribution in [0.2, 0.25) is 0 Å². The van der Waals surface area contributed by atoms with Crippen molar-refractivity contribution in [2.45, 2.75) is 43.1 Å². The fraction of sp³-hybridized carbons (Fsp3) is 0.450. The van der Waals surface area contributed by atoms with E-state index in [1.807, 2.05) is 29.5 Å². The van der Waals surface area contributed by atoms with E-state index in [1.165, 1.54) is 27.3 Å². The number of nitrogens with zero attached hydrogens (tertiary/aromatic N) is 1. The van der Waals surface area contributed by atoms with Crippen LogP contribution in [0.4, 0.5) is 0 Å². The van der Waals surface area contributed by atoms with E-state index < -0.39 is 5.60 Å². The van der Waals surface area contributed by atoms with E-state index in [0.29, 0.717) is 6.42 Å². The number of piperidine rings is 1. The monoisotopic (exact) mass is 388 g/mol. The smallest absolute Gasteiger partial charge is 0.231 e. The van der Waals surface area contributed by atoms with Gasteiger partial charge >= 0.3 is 0 Å². The van der Waals surface area contributed by atoms with Crippen LogP contribution in [-0.2, 0) is 17.8 Å². The number of amides is 1.